The van der Waals surface area contributed by atoms with Gasteiger partial charge in [-0.15, -0.1) is 0 Å². The third kappa shape index (κ3) is 5.14. The quantitative estimate of drug-likeness (QED) is 0.418. The molecular formula is C24H26O6. The topological polar surface area (TPSA) is 82.8 Å². The molecule has 0 aliphatic heterocycles. The van der Waals surface area contributed by atoms with E-state index in [1.165, 1.54) is 20.3 Å². The van der Waals surface area contributed by atoms with Gasteiger partial charge in [-0.1, -0.05) is 38.1 Å². The Morgan fingerprint density at radius 3 is 2.20 bits per heavy atom. The van der Waals surface area contributed by atoms with Crippen molar-refractivity contribution in [2.24, 2.45) is 0 Å². The summed E-state index contributed by atoms with van der Waals surface area (Å²) in [6.45, 7) is 5.54. The number of benzene rings is 2. The van der Waals surface area contributed by atoms with Crippen LogP contribution in [0.1, 0.15) is 48.7 Å². The van der Waals surface area contributed by atoms with Crippen molar-refractivity contribution in [1.82, 2.24) is 0 Å². The maximum Gasteiger partial charge on any atom is 0.347 e. The van der Waals surface area contributed by atoms with Gasteiger partial charge in [0.15, 0.2) is 5.78 Å². The van der Waals surface area contributed by atoms with Gasteiger partial charge in [0.1, 0.15) is 28.4 Å². The Morgan fingerprint density at radius 2 is 1.63 bits per heavy atom. The smallest absolute Gasteiger partial charge is 0.347 e. The SMILES string of the molecule is CC.COc1cc(OC)c2cc(C(=O)c3ccc(CCC(C)=O)cc3)c(=O)oc2c1. The van der Waals surface area contributed by atoms with Crippen LogP contribution in [-0.2, 0) is 11.2 Å². The molecule has 0 amide bonds. The van der Waals surface area contributed by atoms with E-state index in [1.807, 2.05) is 13.8 Å². The largest absolute Gasteiger partial charge is 0.496 e. The molecule has 3 aromatic rings. The number of Topliss-reactive ketones (excluding diaryl/α,β-unsaturated/α-hetero) is 1. The Bertz CT molecular complexity index is 1090. The summed E-state index contributed by atoms with van der Waals surface area (Å²) in [6, 6.07) is 11.6. The number of ketones is 2. The van der Waals surface area contributed by atoms with Gasteiger partial charge in [0.05, 0.1) is 19.6 Å². The van der Waals surface area contributed by atoms with Gasteiger partial charge in [-0.2, -0.15) is 0 Å². The number of hydrogen-bond donors (Lipinski definition) is 0. The van der Waals surface area contributed by atoms with Crippen LogP contribution in [0.25, 0.3) is 11.0 Å². The van der Waals surface area contributed by atoms with Gasteiger partial charge >= 0.3 is 5.63 Å². The molecule has 0 aliphatic carbocycles. The molecule has 0 N–H and O–H groups in total. The first-order valence-corrected chi connectivity index (χ1v) is 9.76. The number of ether oxygens (including phenoxy) is 2. The van der Waals surface area contributed by atoms with E-state index in [1.54, 1.807) is 43.3 Å². The highest BCUT2D eigenvalue weighted by molar-refractivity contribution is 6.10. The monoisotopic (exact) mass is 410 g/mol. The third-order valence-corrected chi connectivity index (χ3v) is 4.47. The molecule has 6 nitrogen and oxygen atoms in total. The number of hydrogen-bond acceptors (Lipinski definition) is 6. The summed E-state index contributed by atoms with van der Waals surface area (Å²) >= 11 is 0. The molecule has 0 saturated carbocycles. The highest BCUT2D eigenvalue weighted by Gasteiger charge is 2.18. The molecule has 0 bridgehead atoms. The first kappa shape index (κ1) is 22.9. The van der Waals surface area contributed by atoms with Crippen LogP contribution in [0.15, 0.2) is 51.7 Å². The highest BCUT2D eigenvalue weighted by Crippen LogP contribution is 2.31. The van der Waals surface area contributed by atoms with Crippen molar-refractivity contribution in [3.05, 3.63) is 69.6 Å². The average Bonchev–Trinajstić information content (AvgIpc) is 2.77. The van der Waals surface area contributed by atoms with Crippen LogP contribution in [0.4, 0.5) is 0 Å². The lowest BCUT2D eigenvalue weighted by Gasteiger charge is -2.09. The molecule has 0 radical (unpaired) electrons. The van der Waals surface area contributed by atoms with E-state index in [0.717, 1.165) is 5.56 Å². The van der Waals surface area contributed by atoms with Crippen molar-refractivity contribution in [2.75, 3.05) is 14.2 Å². The molecule has 0 unspecified atom stereocenters. The van der Waals surface area contributed by atoms with Gasteiger partial charge in [0, 0.05) is 24.1 Å². The molecule has 30 heavy (non-hydrogen) atoms. The summed E-state index contributed by atoms with van der Waals surface area (Å²) in [5, 5.41) is 0.504. The number of carbonyl (C=O) groups excluding carboxylic acids is 2. The minimum atomic E-state index is -0.728. The minimum Gasteiger partial charge on any atom is -0.496 e. The summed E-state index contributed by atoms with van der Waals surface area (Å²) in [5.74, 6) is 0.589. The molecule has 0 aliphatic rings. The van der Waals surface area contributed by atoms with Crippen LogP contribution < -0.4 is 15.1 Å². The Kier molecular flexibility index (Phi) is 7.92. The lowest BCUT2D eigenvalue weighted by molar-refractivity contribution is -0.116. The van der Waals surface area contributed by atoms with Crippen LogP contribution in [0.3, 0.4) is 0 Å². The van der Waals surface area contributed by atoms with Crippen molar-refractivity contribution in [3.8, 4) is 11.5 Å². The van der Waals surface area contributed by atoms with Gasteiger partial charge in [-0.3, -0.25) is 4.79 Å². The summed E-state index contributed by atoms with van der Waals surface area (Å²) in [4.78, 5) is 36.3. The molecule has 0 fully saturated rings. The summed E-state index contributed by atoms with van der Waals surface area (Å²) in [7, 11) is 2.98. The summed E-state index contributed by atoms with van der Waals surface area (Å²) in [5.41, 5.74) is 0.787. The van der Waals surface area contributed by atoms with Gasteiger partial charge in [-0.25, -0.2) is 4.79 Å². The second-order valence-electron chi connectivity index (χ2n) is 6.42. The molecule has 1 heterocycles. The molecule has 2 aromatic carbocycles. The molecule has 6 heteroatoms. The Labute approximate surface area is 175 Å². The first-order chi connectivity index (χ1) is 14.4. The number of methoxy groups -OCH3 is 2. The zero-order valence-corrected chi connectivity index (χ0v) is 17.9. The minimum absolute atomic E-state index is 0.0764. The number of rotatable bonds is 7. The van der Waals surface area contributed by atoms with Crippen molar-refractivity contribution >= 4 is 22.5 Å². The van der Waals surface area contributed by atoms with Crippen LogP contribution in [0.2, 0.25) is 0 Å². The normalized spacial score (nSPS) is 10.2. The maximum atomic E-state index is 12.8. The number of carbonyl (C=O) groups is 2. The second-order valence-corrected chi connectivity index (χ2v) is 6.42. The second kappa shape index (κ2) is 10.4. The fourth-order valence-electron chi connectivity index (χ4n) is 2.91. The summed E-state index contributed by atoms with van der Waals surface area (Å²) in [6.07, 6.45) is 1.06. The predicted octanol–water partition coefficient (Wildman–Crippen LogP) is 4.59. The molecule has 0 spiro atoms. The van der Waals surface area contributed by atoms with Crippen LogP contribution in [0, 0.1) is 0 Å². The first-order valence-electron chi connectivity index (χ1n) is 9.76. The number of fused-ring (bicyclic) bond motifs is 1. The van der Waals surface area contributed by atoms with E-state index in [0.29, 0.717) is 35.3 Å². The fraction of sp³-hybridized carbons (Fsp3) is 0.292. The van der Waals surface area contributed by atoms with E-state index in [9.17, 15) is 14.4 Å². The van der Waals surface area contributed by atoms with E-state index in [-0.39, 0.29) is 16.9 Å². The molecule has 3 rings (SSSR count). The van der Waals surface area contributed by atoms with Crippen molar-refractivity contribution in [3.63, 3.8) is 0 Å². The summed E-state index contributed by atoms with van der Waals surface area (Å²) < 4.78 is 15.8. The van der Waals surface area contributed by atoms with Crippen molar-refractivity contribution in [2.45, 2.75) is 33.6 Å². The molecule has 0 saturated heterocycles. The Balaban J connectivity index is 0.00000155. The zero-order valence-electron chi connectivity index (χ0n) is 17.9. The maximum absolute atomic E-state index is 12.8. The van der Waals surface area contributed by atoms with E-state index in [4.69, 9.17) is 13.9 Å². The molecule has 1 aromatic heterocycles. The van der Waals surface area contributed by atoms with Crippen molar-refractivity contribution < 1.29 is 23.5 Å². The number of aryl methyl sites for hydroxylation is 1. The highest BCUT2D eigenvalue weighted by atomic mass is 16.5. The van der Waals surface area contributed by atoms with Crippen LogP contribution >= 0.6 is 0 Å². The van der Waals surface area contributed by atoms with Gasteiger partial charge in [0.2, 0.25) is 0 Å². The van der Waals surface area contributed by atoms with Crippen LogP contribution in [0.5, 0.6) is 11.5 Å². The van der Waals surface area contributed by atoms with E-state index < -0.39 is 11.4 Å². The fourth-order valence-corrected chi connectivity index (χ4v) is 2.91. The lowest BCUT2D eigenvalue weighted by atomic mass is 10.0. The lowest BCUT2D eigenvalue weighted by Crippen LogP contribution is -2.15. The average molecular weight is 410 g/mol. The van der Waals surface area contributed by atoms with Gasteiger partial charge in [-0.05, 0) is 25.0 Å². The molecular weight excluding hydrogens is 384 g/mol. The van der Waals surface area contributed by atoms with Crippen LogP contribution in [-0.4, -0.2) is 25.8 Å². The van der Waals surface area contributed by atoms with Gasteiger partial charge in [0.25, 0.3) is 0 Å². The Morgan fingerprint density at radius 1 is 0.967 bits per heavy atom. The predicted molar refractivity (Wildman–Crippen MR) is 116 cm³/mol. The van der Waals surface area contributed by atoms with Crippen molar-refractivity contribution in [1.29, 1.82) is 0 Å². The molecule has 158 valence electrons. The standard InChI is InChI=1S/C22H20O6.C2H6/c1-13(23)4-5-14-6-8-15(9-7-14)21(24)18-12-17-19(27-3)10-16(26-2)11-20(17)28-22(18)25;1-2/h6-12H,4-5H2,1-3H3;1-2H3. The van der Waals surface area contributed by atoms with E-state index >= 15 is 0 Å². The zero-order chi connectivity index (χ0) is 22.3. The van der Waals surface area contributed by atoms with E-state index in [2.05, 4.69) is 0 Å². The third-order valence-electron chi connectivity index (χ3n) is 4.47. The van der Waals surface area contributed by atoms with Gasteiger partial charge < -0.3 is 18.7 Å². The Hall–Kier alpha value is -3.41. The molecule has 0 atom stereocenters.